The van der Waals surface area contributed by atoms with Gasteiger partial charge >= 0.3 is 5.97 Å². The molecule has 1 aliphatic heterocycles. The summed E-state index contributed by atoms with van der Waals surface area (Å²) in [4.78, 5) is 49.6. The van der Waals surface area contributed by atoms with Gasteiger partial charge < -0.3 is 24.4 Å². The van der Waals surface area contributed by atoms with Crippen LogP contribution < -0.4 is 15.6 Å². The Morgan fingerprint density at radius 1 is 1.22 bits per heavy atom. The van der Waals surface area contributed by atoms with Gasteiger partial charge in [0.1, 0.15) is 18.0 Å². The van der Waals surface area contributed by atoms with Gasteiger partial charge in [-0.05, 0) is 32.4 Å². The molecule has 0 unspecified atom stereocenters. The van der Waals surface area contributed by atoms with Crippen molar-refractivity contribution in [3.05, 3.63) is 39.4 Å². The third-order valence-corrected chi connectivity index (χ3v) is 6.65. The zero-order valence-electron chi connectivity index (χ0n) is 21.3. The van der Waals surface area contributed by atoms with Gasteiger partial charge in [-0.15, -0.1) is 0 Å². The minimum Gasteiger partial charge on any atom is -0.462 e. The molecule has 0 radical (unpaired) electrons. The van der Waals surface area contributed by atoms with Crippen LogP contribution in [-0.4, -0.2) is 77.3 Å². The predicted molar refractivity (Wildman–Crippen MR) is 137 cm³/mol. The Hall–Kier alpha value is -3.42. The fourth-order valence-corrected chi connectivity index (χ4v) is 4.69. The zero-order valence-corrected chi connectivity index (χ0v) is 22.1. The van der Waals surface area contributed by atoms with E-state index in [1.165, 1.54) is 6.20 Å². The third-order valence-electron chi connectivity index (χ3n) is 5.90. The van der Waals surface area contributed by atoms with Gasteiger partial charge in [-0.2, -0.15) is 4.37 Å². The maximum atomic E-state index is 13.3. The highest BCUT2D eigenvalue weighted by Gasteiger charge is 2.34. The summed E-state index contributed by atoms with van der Waals surface area (Å²) < 4.78 is 21.4. The number of anilines is 1. The minimum absolute atomic E-state index is 0.0241. The number of nitrogens with one attached hydrogen (secondary N) is 1. The Balaban J connectivity index is 1.69. The summed E-state index contributed by atoms with van der Waals surface area (Å²) in [5.74, 6) is 0.202. The fraction of sp³-hybridized carbons (Fsp3) is 0.500. The first kappa shape index (κ1) is 26.6. The molecule has 0 aromatic carbocycles. The zero-order chi connectivity index (χ0) is 26.5. The van der Waals surface area contributed by atoms with Crippen LogP contribution in [0.4, 0.5) is 5.82 Å². The van der Waals surface area contributed by atoms with Gasteiger partial charge in [0.25, 0.3) is 0 Å². The second-order valence-electron chi connectivity index (χ2n) is 8.47. The summed E-state index contributed by atoms with van der Waals surface area (Å²) in [7, 11) is 1.55. The third kappa shape index (κ3) is 5.63. The SMILES string of the molecule is CCOCCNC(=O)C1CN(c2cc(C)c3c(=O)c(C(=O)OCC)cn(-c4nc(COC)ns4)c3n2)C1. The number of carbonyl (C=O) groups excluding carboxylic acids is 2. The first-order valence-electron chi connectivity index (χ1n) is 12.0. The van der Waals surface area contributed by atoms with E-state index in [9.17, 15) is 14.4 Å². The molecule has 3 aromatic rings. The van der Waals surface area contributed by atoms with E-state index in [0.717, 1.165) is 11.5 Å². The summed E-state index contributed by atoms with van der Waals surface area (Å²) in [6.07, 6.45) is 1.40. The van der Waals surface area contributed by atoms with Crippen molar-refractivity contribution in [3.8, 4) is 5.13 Å². The first-order chi connectivity index (χ1) is 17.9. The number of amides is 1. The standard InChI is InChI=1S/C24H30N6O6S/c1-5-35-8-7-25-22(32)15-10-29(11-15)18-9-14(3)19-20(31)16(23(33)36-6-2)12-30(21(19)27-18)24-26-17(13-34-4)28-37-24/h9,12,15H,5-8,10-11,13H2,1-4H3,(H,25,32). The number of pyridine rings is 2. The Morgan fingerprint density at radius 2 is 2.00 bits per heavy atom. The van der Waals surface area contributed by atoms with Crippen molar-refractivity contribution in [3.63, 3.8) is 0 Å². The lowest BCUT2D eigenvalue weighted by atomic mass is 9.98. The van der Waals surface area contributed by atoms with Crippen LogP contribution in [0.3, 0.4) is 0 Å². The number of carbonyl (C=O) groups is 2. The van der Waals surface area contributed by atoms with Crippen molar-refractivity contribution in [2.45, 2.75) is 27.4 Å². The average Bonchev–Trinajstić information content (AvgIpc) is 3.29. The summed E-state index contributed by atoms with van der Waals surface area (Å²) in [5.41, 5.74) is 0.426. The number of rotatable bonds is 11. The number of fused-ring (bicyclic) bond motifs is 1. The molecule has 0 saturated carbocycles. The quantitative estimate of drug-likeness (QED) is 0.286. The van der Waals surface area contributed by atoms with E-state index >= 15 is 0 Å². The maximum absolute atomic E-state index is 13.3. The topological polar surface area (TPSA) is 138 Å². The van der Waals surface area contributed by atoms with Crippen molar-refractivity contribution >= 4 is 40.3 Å². The van der Waals surface area contributed by atoms with E-state index in [1.54, 1.807) is 31.6 Å². The number of nitrogens with zero attached hydrogens (tertiary/aromatic N) is 5. The highest BCUT2D eigenvalue weighted by atomic mass is 32.1. The van der Waals surface area contributed by atoms with Crippen LogP contribution in [0.25, 0.3) is 16.2 Å². The minimum atomic E-state index is -0.714. The predicted octanol–water partition coefficient (Wildman–Crippen LogP) is 1.46. The van der Waals surface area contributed by atoms with Crippen molar-refractivity contribution < 1.29 is 23.8 Å². The monoisotopic (exact) mass is 530 g/mol. The first-order valence-corrected chi connectivity index (χ1v) is 12.8. The number of hydrogen-bond acceptors (Lipinski definition) is 11. The molecule has 1 aliphatic rings. The molecule has 0 aliphatic carbocycles. The highest BCUT2D eigenvalue weighted by Crippen LogP contribution is 2.28. The molecule has 1 N–H and O–H groups in total. The largest absolute Gasteiger partial charge is 0.462 e. The Bertz CT molecular complexity index is 1350. The molecule has 1 saturated heterocycles. The molecule has 198 valence electrons. The molecule has 0 bridgehead atoms. The molecule has 37 heavy (non-hydrogen) atoms. The Kier molecular flexibility index (Phi) is 8.46. The van der Waals surface area contributed by atoms with Crippen LogP contribution in [0.2, 0.25) is 0 Å². The molecule has 3 aromatic heterocycles. The van der Waals surface area contributed by atoms with Gasteiger partial charge in [-0.25, -0.2) is 14.8 Å². The van der Waals surface area contributed by atoms with Crippen LogP contribution in [-0.2, 0) is 25.6 Å². The van der Waals surface area contributed by atoms with E-state index in [0.29, 0.717) is 66.2 Å². The van der Waals surface area contributed by atoms with Crippen molar-refractivity contribution in [1.82, 2.24) is 24.2 Å². The smallest absolute Gasteiger partial charge is 0.343 e. The van der Waals surface area contributed by atoms with Crippen molar-refractivity contribution in [2.24, 2.45) is 5.92 Å². The Labute approximate surface area is 217 Å². The van der Waals surface area contributed by atoms with Gasteiger partial charge in [0.2, 0.25) is 16.5 Å². The molecule has 4 heterocycles. The van der Waals surface area contributed by atoms with E-state index in [2.05, 4.69) is 14.7 Å². The summed E-state index contributed by atoms with van der Waals surface area (Å²) >= 11 is 1.10. The second kappa shape index (κ2) is 11.8. The fourth-order valence-electron chi connectivity index (χ4n) is 4.04. The molecule has 13 heteroatoms. The van der Waals surface area contributed by atoms with Crippen LogP contribution in [0.1, 0.15) is 35.6 Å². The molecular formula is C24H30N6O6S. The molecule has 0 spiro atoms. The lowest BCUT2D eigenvalue weighted by Gasteiger charge is -2.39. The van der Waals surface area contributed by atoms with Gasteiger partial charge in [0, 0.05) is 51.1 Å². The van der Waals surface area contributed by atoms with E-state index < -0.39 is 11.4 Å². The van der Waals surface area contributed by atoms with Gasteiger partial charge in [0.15, 0.2) is 11.5 Å². The molecule has 1 fully saturated rings. The molecule has 4 rings (SSSR count). The summed E-state index contributed by atoms with van der Waals surface area (Å²) in [6, 6.07) is 1.79. The van der Waals surface area contributed by atoms with Gasteiger partial charge in [-0.1, -0.05) is 0 Å². The highest BCUT2D eigenvalue weighted by molar-refractivity contribution is 7.08. The van der Waals surface area contributed by atoms with Gasteiger partial charge in [0.05, 0.1) is 24.5 Å². The summed E-state index contributed by atoms with van der Waals surface area (Å²) in [5, 5.41) is 3.61. The normalized spacial score (nSPS) is 13.6. The molecule has 1 amide bonds. The number of hydrogen-bond donors (Lipinski definition) is 1. The van der Waals surface area contributed by atoms with Crippen molar-refractivity contribution in [2.75, 3.05) is 51.5 Å². The molecule has 0 atom stereocenters. The van der Waals surface area contributed by atoms with Crippen LogP contribution >= 0.6 is 11.5 Å². The van der Waals surface area contributed by atoms with Crippen LogP contribution in [0.15, 0.2) is 17.1 Å². The van der Waals surface area contributed by atoms with E-state index in [4.69, 9.17) is 19.2 Å². The number of ether oxygens (including phenoxy) is 3. The lowest BCUT2D eigenvalue weighted by Crippen LogP contribution is -2.54. The Morgan fingerprint density at radius 3 is 2.70 bits per heavy atom. The van der Waals surface area contributed by atoms with Crippen LogP contribution in [0.5, 0.6) is 0 Å². The lowest BCUT2D eigenvalue weighted by molar-refractivity contribution is -0.125. The number of aryl methyl sites for hydroxylation is 1. The number of aromatic nitrogens is 4. The van der Waals surface area contributed by atoms with E-state index in [1.807, 2.05) is 11.8 Å². The maximum Gasteiger partial charge on any atom is 0.343 e. The second-order valence-corrected chi connectivity index (χ2v) is 9.20. The van der Waals surface area contributed by atoms with Gasteiger partial charge in [-0.3, -0.25) is 14.2 Å². The molecular weight excluding hydrogens is 500 g/mol. The van der Waals surface area contributed by atoms with Crippen molar-refractivity contribution in [1.29, 1.82) is 0 Å². The average molecular weight is 531 g/mol. The van der Waals surface area contributed by atoms with E-state index in [-0.39, 0.29) is 30.6 Å². The number of methoxy groups -OCH3 is 1. The molecule has 12 nitrogen and oxygen atoms in total. The number of esters is 1. The van der Waals surface area contributed by atoms with Crippen LogP contribution in [0, 0.1) is 12.8 Å². The summed E-state index contributed by atoms with van der Waals surface area (Å²) in [6.45, 7) is 8.30.